The molecule has 1 amide bonds. The number of amides is 1. The molecule has 7 heteroatoms. The quantitative estimate of drug-likeness (QED) is 0.702. The minimum Gasteiger partial charge on any atom is -0.381 e. The van der Waals surface area contributed by atoms with Gasteiger partial charge in [-0.05, 0) is 56.5 Å². The first kappa shape index (κ1) is 20.2. The number of ether oxygens (including phenoxy) is 1. The van der Waals surface area contributed by atoms with Crippen LogP contribution in [0.3, 0.4) is 0 Å². The summed E-state index contributed by atoms with van der Waals surface area (Å²) in [7, 11) is 0. The fourth-order valence-electron chi connectivity index (χ4n) is 3.95. The highest BCUT2D eigenvalue weighted by molar-refractivity contribution is 5.93. The zero-order valence-corrected chi connectivity index (χ0v) is 17.2. The molecule has 1 aliphatic heterocycles. The zero-order valence-electron chi connectivity index (χ0n) is 17.2. The molecule has 2 aromatic carbocycles. The summed E-state index contributed by atoms with van der Waals surface area (Å²) in [6.07, 6.45) is 1.43. The van der Waals surface area contributed by atoms with Gasteiger partial charge < -0.3 is 10.1 Å². The van der Waals surface area contributed by atoms with Gasteiger partial charge in [0.05, 0.1) is 11.4 Å². The first-order valence-corrected chi connectivity index (χ1v) is 10.1. The van der Waals surface area contributed by atoms with Crippen molar-refractivity contribution in [1.29, 1.82) is 0 Å². The maximum Gasteiger partial charge on any atom is 0.273 e. The van der Waals surface area contributed by atoms with Gasteiger partial charge in [0.2, 0.25) is 0 Å². The van der Waals surface area contributed by atoms with Crippen LogP contribution < -0.4 is 5.32 Å². The minimum atomic E-state index is -0.364. The smallest absolute Gasteiger partial charge is 0.273 e. The summed E-state index contributed by atoms with van der Waals surface area (Å²) in [6, 6.07) is 14.5. The molecule has 0 spiro atoms. The van der Waals surface area contributed by atoms with E-state index in [9.17, 15) is 9.18 Å². The molecule has 156 valence electrons. The predicted molar refractivity (Wildman–Crippen MR) is 111 cm³/mol. The van der Waals surface area contributed by atoms with E-state index in [0.29, 0.717) is 38.3 Å². The van der Waals surface area contributed by atoms with Crippen molar-refractivity contribution in [3.8, 4) is 5.69 Å². The van der Waals surface area contributed by atoms with Crippen LogP contribution in [0.15, 0.2) is 48.5 Å². The maximum atomic E-state index is 13.9. The second kappa shape index (κ2) is 8.36. The molecule has 1 fully saturated rings. The third-order valence-electron chi connectivity index (χ3n) is 5.86. The van der Waals surface area contributed by atoms with Gasteiger partial charge in [-0.3, -0.25) is 4.79 Å². The van der Waals surface area contributed by atoms with E-state index in [1.54, 1.807) is 16.8 Å². The summed E-state index contributed by atoms with van der Waals surface area (Å²) in [5, 5.41) is 11.3. The largest absolute Gasteiger partial charge is 0.381 e. The molecule has 0 radical (unpaired) electrons. The first-order valence-electron chi connectivity index (χ1n) is 10.1. The molecule has 30 heavy (non-hydrogen) atoms. The van der Waals surface area contributed by atoms with Crippen molar-refractivity contribution in [3.05, 3.63) is 76.9 Å². The zero-order chi connectivity index (χ0) is 21.1. The number of nitrogens with zero attached hydrogens (tertiary/aromatic N) is 3. The monoisotopic (exact) mass is 408 g/mol. The van der Waals surface area contributed by atoms with Crippen molar-refractivity contribution in [1.82, 2.24) is 20.3 Å². The van der Waals surface area contributed by atoms with E-state index in [-0.39, 0.29) is 22.8 Å². The van der Waals surface area contributed by atoms with Crippen molar-refractivity contribution in [3.63, 3.8) is 0 Å². The molecule has 3 aromatic rings. The average molecular weight is 408 g/mol. The molecule has 1 saturated heterocycles. The standard InChI is InChI=1S/C23H25FN4O2/c1-16-6-8-20(9-7-16)28-17(2)21(26-27-28)22(29)25-15-23(10-12-30-13-11-23)18-4-3-5-19(24)14-18/h3-9,14H,10-13,15H2,1-2H3,(H,25,29). The maximum absolute atomic E-state index is 13.9. The van der Waals surface area contributed by atoms with Gasteiger partial charge in [0, 0.05) is 25.2 Å². The lowest BCUT2D eigenvalue weighted by Gasteiger charge is -2.37. The van der Waals surface area contributed by atoms with Crippen LogP contribution in [0.25, 0.3) is 5.69 Å². The number of halogens is 1. The molecular weight excluding hydrogens is 383 g/mol. The predicted octanol–water partition coefficient (Wildman–Crippen LogP) is 3.50. The van der Waals surface area contributed by atoms with Crippen molar-refractivity contribution in [2.45, 2.75) is 32.1 Å². The molecular formula is C23H25FN4O2. The molecule has 1 N–H and O–H groups in total. The van der Waals surface area contributed by atoms with Crippen LogP contribution >= 0.6 is 0 Å². The summed E-state index contributed by atoms with van der Waals surface area (Å²) < 4.78 is 21.0. The Balaban J connectivity index is 1.54. The summed E-state index contributed by atoms with van der Waals surface area (Å²) >= 11 is 0. The Kier molecular flexibility index (Phi) is 5.63. The van der Waals surface area contributed by atoms with Crippen LogP contribution in [0, 0.1) is 19.7 Å². The third-order valence-corrected chi connectivity index (χ3v) is 5.86. The number of carbonyl (C=O) groups is 1. The molecule has 0 atom stereocenters. The van der Waals surface area contributed by atoms with Gasteiger partial charge in [-0.25, -0.2) is 9.07 Å². The van der Waals surface area contributed by atoms with Crippen LogP contribution in [-0.2, 0) is 10.2 Å². The van der Waals surface area contributed by atoms with Crippen LogP contribution in [0.1, 0.15) is 40.2 Å². The Morgan fingerprint density at radius 1 is 1.17 bits per heavy atom. The number of hydrogen-bond donors (Lipinski definition) is 1. The highest BCUT2D eigenvalue weighted by Crippen LogP contribution is 2.34. The fourth-order valence-corrected chi connectivity index (χ4v) is 3.95. The van der Waals surface area contributed by atoms with Crippen LogP contribution in [0.2, 0.25) is 0 Å². The van der Waals surface area contributed by atoms with Gasteiger partial charge in [-0.15, -0.1) is 5.10 Å². The number of nitrogens with one attached hydrogen (secondary N) is 1. The molecule has 2 heterocycles. The lowest BCUT2D eigenvalue weighted by Crippen LogP contribution is -2.44. The van der Waals surface area contributed by atoms with Gasteiger partial charge in [-0.1, -0.05) is 35.0 Å². The molecule has 0 unspecified atom stereocenters. The van der Waals surface area contributed by atoms with Gasteiger partial charge in [0.1, 0.15) is 5.82 Å². The summed E-state index contributed by atoms with van der Waals surface area (Å²) in [4.78, 5) is 12.9. The van der Waals surface area contributed by atoms with E-state index >= 15 is 0 Å². The Morgan fingerprint density at radius 3 is 2.60 bits per heavy atom. The number of aromatic nitrogens is 3. The molecule has 1 aliphatic rings. The number of rotatable bonds is 5. The first-order chi connectivity index (χ1) is 14.5. The van der Waals surface area contributed by atoms with Crippen molar-refractivity contribution in [2.24, 2.45) is 0 Å². The lowest BCUT2D eigenvalue weighted by molar-refractivity contribution is 0.0485. The van der Waals surface area contributed by atoms with Gasteiger partial charge in [0.15, 0.2) is 5.69 Å². The number of benzene rings is 2. The number of hydrogen-bond acceptors (Lipinski definition) is 4. The molecule has 4 rings (SSSR count). The number of carbonyl (C=O) groups excluding carboxylic acids is 1. The third kappa shape index (κ3) is 3.98. The van der Waals surface area contributed by atoms with Crippen LogP contribution in [-0.4, -0.2) is 40.7 Å². The average Bonchev–Trinajstić information content (AvgIpc) is 3.15. The van der Waals surface area contributed by atoms with E-state index in [1.165, 1.54) is 6.07 Å². The Hall–Kier alpha value is -3.06. The second-order valence-electron chi connectivity index (χ2n) is 7.86. The van der Waals surface area contributed by atoms with Gasteiger partial charge in [-0.2, -0.15) is 0 Å². The summed E-state index contributed by atoms with van der Waals surface area (Å²) in [6.45, 7) is 5.38. The van der Waals surface area contributed by atoms with Gasteiger partial charge >= 0.3 is 0 Å². The molecule has 6 nitrogen and oxygen atoms in total. The second-order valence-corrected chi connectivity index (χ2v) is 7.86. The Morgan fingerprint density at radius 2 is 1.90 bits per heavy atom. The Labute approximate surface area is 175 Å². The van der Waals surface area contributed by atoms with Crippen LogP contribution in [0.4, 0.5) is 4.39 Å². The summed E-state index contributed by atoms with van der Waals surface area (Å²) in [5.41, 5.74) is 3.47. The minimum absolute atomic E-state index is 0.276. The van der Waals surface area contributed by atoms with E-state index < -0.39 is 0 Å². The highest BCUT2D eigenvalue weighted by Gasteiger charge is 2.35. The van der Waals surface area contributed by atoms with Crippen molar-refractivity contribution >= 4 is 5.91 Å². The van der Waals surface area contributed by atoms with Crippen molar-refractivity contribution < 1.29 is 13.9 Å². The van der Waals surface area contributed by atoms with E-state index in [1.807, 2.05) is 44.2 Å². The van der Waals surface area contributed by atoms with Crippen molar-refractivity contribution in [2.75, 3.05) is 19.8 Å². The topological polar surface area (TPSA) is 69.0 Å². The SMILES string of the molecule is Cc1ccc(-n2nnc(C(=O)NCC3(c4cccc(F)c4)CCOCC3)c2C)cc1. The number of aryl methyl sites for hydroxylation is 1. The fraction of sp³-hybridized carbons (Fsp3) is 0.348. The molecule has 0 aliphatic carbocycles. The van der Waals surface area contributed by atoms with Gasteiger partial charge in [0.25, 0.3) is 5.91 Å². The van der Waals surface area contributed by atoms with E-state index in [0.717, 1.165) is 16.8 Å². The highest BCUT2D eigenvalue weighted by atomic mass is 19.1. The van der Waals surface area contributed by atoms with E-state index in [2.05, 4.69) is 15.6 Å². The summed E-state index contributed by atoms with van der Waals surface area (Å²) in [5.74, 6) is -0.560. The lowest BCUT2D eigenvalue weighted by atomic mass is 9.74. The molecule has 0 saturated carbocycles. The normalized spacial score (nSPS) is 15.7. The van der Waals surface area contributed by atoms with E-state index in [4.69, 9.17) is 4.74 Å². The Bertz CT molecular complexity index is 1040. The molecule has 0 bridgehead atoms. The molecule has 1 aromatic heterocycles. The van der Waals surface area contributed by atoms with Crippen LogP contribution in [0.5, 0.6) is 0 Å².